The Morgan fingerprint density at radius 1 is 1.15 bits per heavy atom. The second-order valence-electron chi connectivity index (χ2n) is 6.32. The van der Waals surface area contributed by atoms with Gasteiger partial charge in [-0.05, 0) is 31.1 Å². The summed E-state index contributed by atoms with van der Waals surface area (Å²) in [6.45, 7) is 2.14. The summed E-state index contributed by atoms with van der Waals surface area (Å²) >= 11 is 0. The monoisotopic (exact) mass is 360 g/mol. The van der Waals surface area contributed by atoms with E-state index in [0.29, 0.717) is 11.1 Å². The average molecular weight is 360 g/mol. The highest BCUT2D eigenvalue weighted by Gasteiger charge is 2.14. The lowest BCUT2D eigenvalue weighted by Gasteiger charge is -2.08. The van der Waals surface area contributed by atoms with E-state index in [1.54, 1.807) is 24.3 Å². The lowest BCUT2D eigenvalue weighted by Crippen LogP contribution is -2.06. The number of hydrogen-bond donors (Lipinski definition) is 2. The maximum atomic E-state index is 12.2. The molecule has 0 amide bonds. The molecule has 2 aromatic rings. The highest BCUT2D eigenvalue weighted by molar-refractivity contribution is 5.90. The van der Waals surface area contributed by atoms with Crippen LogP contribution in [0.25, 0.3) is 17.0 Å². The van der Waals surface area contributed by atoms with Crippen molar-refractivity contribution in [2.24, 2.45) is 0 Å². The Balaban J connectivity index is 2.09. The molecule has 0 spiro atoms. The van der Waals surface area contributed by atoms with E-state index in [4.69, 9.17) is 14.3 Å². The number of aliphatic hydroxyl groups is 1. The second kappa shape index (κ2) is 10.7. The number of fused-ring (bicyclic) bond motifs is 1. The predicted octanol–water partition coefficient (Wildman–Crippen LogP) is 4.63. The minimum Gasteiger partial charge on any atom is -0.506 e. The number of ether oxygens (including phenoxy) is 1. The zero-order chi connectivity index (χ0) is 18.8. The van der Waals surface area contributed by atoms with E-state index in [1.165, 1.54) is 32.1 Å². The molecule has 0 saturated carbocycles. The predicted molar refractivity (Wildman–Crippen MR) is 104 cm³/mol. The van der Waals surface area contributed by atoms with Gasteiger partial charge in [-0.15, -0.1) is 0 Å². The van der Waals surface area contributed by atoms with Crippen LogP contribution in [0.4, 0.5) is 0 Å². The molecule has 0 atom stereocenters. The maximum absolute atomic E-state index is 12.2. The molecule has 0 fully saturated rings. The molecule has 26 heavy (non-hydrogen) atoms. The van der Waals surface area contributed by atoms with Crippen molar-refractivity contribution < 1.29 is 19.4 Å². The van der Waals surface area contributed by atoms with Crippen LogP contribution in [0.15, 0.2) is 33.5 Å². The van der Waals surface area contributed by atoms with Crippen LogP contribution in [0.1, 0.15) is 57.4 Å². The molecule has 142 valence electrons. The summed E-state index contributed by atoms with van der Waals surface area (Å²) in [6.07, 6.45) is 11.7. The molecule has 1 aromatic heterocycles. The summed E-state index contributed by atoms with van der Waals surface area (Å²) in [5.41, 5.74) is -0.256. The smallest absolute Gasteiger partial charge is 0.347 e. The summed E-state index contributed by atoms with van der Waals surface area (Å²) < 4.78 is 10.7. The van der Waals surface area contributed by atoms with Crippen LogP contribution in [-0.2, 0) is 0 Å². The molecule has 2 rings (SSSR count). The fourth-order valence-corrected chi connectivity index (χ4v) is 2.86. The summed E-state index contributed by atoms with van der Waals surface area (Å²) in [5.74, 6) is 0.219. The van der Waals surface area contributed by atoms with Crippen molar-refractivity contribution in [3.05, 3.63) is 40.3 Å². The Morgan fingerprint density at radius 3 is 2.69 bits per heavy atom. The van der Waals surface area contributed by atoms with Gasteiger partial charge in [0.05, 0.1) is 12.0 Å². The van der Waals surface area contributed by atoms with Gasteiger partial charge in [-0.2, -0.15) is 0 Å². The SMILES string of the molecule is CCCCCCCCC=Cc1c(O)c2cccc(OCCO)c2oc1=O. The molecular weight excluding hydrogens is 332 g/mol. The minimum atomic E-state index is -0.603. The molecule has 5 nitrogen and oxygen atoms in total. The first kappa shape index (κ1) is 20.0. The van der Waals surface area contributed by atoms with Crippen LogP contribution in [-0.4, -0.2) is 23.4 Å². The first-order chi connectivity index (χ1) is 12.7. The molecule has 1 heterocycles. The molecule has 0 bridgehead atoms. The van der Waals surface area contributed by atoms with E-state index in [0.717, 1.165) is 12.8 Å². The van der Waals surface area contributed by atoms with Crippen LogP contribution in [0.2, 0.25) is 0 Å². The number of hydrogen-bond acceptors (Lipinski definition) is 5. The van der Waals surface area contributed by atoms with Gasteiger partial charge < -0.3 is 19.4 Å². The van der Waals surface area contributed by atoms with E-state index in [2.05, 4.69) is 6.92 Å². The van der Waals surface area contributed by atoms with Crippen molar-refractivity contribution in [2.45, 2.75) is 51.9 Å². The van der Waals surface area contributed by atoms with Crippen LogP contribution >= 0.6 is 0 Å². The number of aliphatic hydroxyl groups excluding tert-OH is 1. The van der Waals surface area contributed by atoms with Crippen molar-refractivity contribution in [3.8, 4) is 11.5 Å². The molecule has 0 aliphatic heterocycles. The van der Waals surface area contributed by atoms with Crippen molar-refractivity contribution >= 4 is 17.0 Å². The van der Waals surface area contributed by atoms with E-state index in [9.17, 15) is 9.90 Å². The topological polar surface area (TPSA) is 79.9 Å². The summed E-state index contributed by atoms with van der Waals surface area (Å²) in [7, 11) is 0. The molecular formula is C21H28O5. The number of para-hydroxylation sites is 1. The fourth-order valence-electron chi connectivity index (χ4n) is 2.86. The molecule has 0 aliphatic carbocycles. The number of aromatic hydroxyl groups is 1. The fraction of sp³-hybridized carbons (Fsp3) is 0.476. The number of unbranched alkanes of at least 4 members (excludes halogenated alkanes) is 6. The van der Waals surface area contributed by atoms with Gasteiger partial charge >= 0.3 is 5.63 Å². The zero-order valence-corrected chi connectivity index (χ0v) is 15.4. The zero-order valence-electron chi connectivity index (χ0n) is 15.4. The summed E-state index contributed by atoms with van der Waals surface area (Å²) in [5, 5.41) is 19.8. The lowest BCUT2D eigenvalue weighted by atomic mass is 10.1. The number of benzene rings is 1. The van der Waals surface area contributed by atoms with Gasteiger partial charge in [0.1, 0.15) is 17.9 Å². The molecule has 0 saturated heterocycles. The Bertz CT molecular complexity index is 776. The molecule has 2 N–H and O–H groups in total. The standard InChI is InChI=1S/C21H28O5/c1-2-3-4-5-6-7-8-9-11-17-19(23)16-12-10-13-18(25-15-14-22)20(16)26-21(17)24/h9-13,22-23H,2-8,14-15H2,1H3. The lowest BCUT2D eigenvalue weighted by molar-refractivity contribution is 0.201. The minimum absolute atomic E-state index is 0.0868. The molecule has 0 aliphatic rings. The van der Waals surface area contributed by atoms with Gasteiger partial charge in [0.2, 0.25) is 0 Å². The largest absolute Gasteiger partial charge is 0.506 e. The third-order valence-corrected chi connectivity index (χ3v) is 4.26. The molecule has 0 unspecified atom stereocenters. The van der Waals surface area contributed by atoms with E-state index >= 15 is 0 Å². The quantitative estimate of drug-likeness (QED) is 0.451. The van der Waals surface area contributed by atoms with Gasteiger partial charge in [-0.1, -0.05) is 51.2 Å². The number of rotatable bonds is 11. The van der Waals surface area contributed by atoms with Crippen molar-refractivity contribution in [3.63, 3.8) is 0 Å². The normalized spacial score (nSPS) is 11.5. The highest BCUT2D eigenvalue weighted by atomic mass is 16.5. The van der Waals surface area contributed by atoms with Crippen LogP contribution in [0, 0.1) is 0 Å². The summed E-state index contributed by atoms with van der Waals surface area (Å²) in [6, 6.07) is 5.01. The molecule has 0 radical (unpaired) electrons. The Hall–Kier alpha value is -2.27. The first-order valence-corrected chi connectivity index (χ1v) is 9.38. The second-order valence-corrected chi connectivity index (χ2v) is 6.32. The van der Waals surface area contributed by atoms with Crippen LogP contribution < -0.4 is 10.4 Å². The highest BCUT2D eigenvalue weighted by Crippen LogP contribution is 2.32. The van der Waals surface area contributed by atoms with Crippen LogP contribution in [0.3, 0.4) is 0 Å². The molecule has 1 aromatic carbocycles. The van der Waals surface area contributed by atoms with Crippen LogP contribution in [0.5, 0.6) is 11.5 Å². The van der Waals surface area contributed by atoms with E-state index < -0.39 is 5.63 Å². The average Bonchev–Trinajstić information content (AvgIpc) is 2.64. The third-order valence-electron chi connectivity index (χ3n) is 4.26. The molecule has 5 heteroatoms. The van der Waals surface area contributed by atoms with Crippen molar-refractivity contribution in [1.29, 1.82) is 0 Å². The van der Waals surface area contributed by atoms with Gasteiger partial charge in [0, 0.05) is 0 Å². The number of allylic oxidation sites excluding steroid dienone is 1. The van der Waals surface area contributed by atoms with Gasteiger partial charge in [0.15, 0.2) is 11.3 Å². The van der Waals surface area contributed by atoms with E-state index in [-0.39, 0.29) is 30.1 Å². The van der Waals surface area contributed by atoms with Gasteiger partial charge in [-0.3, -0.25) is 0 Å². The third kappa shape index (κ3) is 5.36. The van der Waals surface area contributed by atoms with E-state index in [1.807, 2.05) is 6.08 Å². The Kier molecular flexibility index (Phi) is 8.22. The van der Waals surface area contributed by atoms with Gasteiger partial charge in [0.25, 0.3) is 0 Å². The Morgan fingerprint density at radius 2 is 1.92 bits per heavy atom. The van der Waals surface area contributed by atoms with Gasteiger partial charge in [-0.25, -0.2) is 4.79 Å². The van der Waals surface area contributed by atoms with Crippen molar-refractivity contribution in [1.82, 2.24) is 0 Å². The maximum Gasteiger partial charge on any atom is 0.347 e. The first-order valence-electron chi connectivity index (χ1n) is 9.38. The van der Waals surface area contributed by atoms with Crippen molar-refractivity contribution in [2.75, 3.05) is 13.2 Å². The summed E-state index contributed by atoms with van der Waals surface area (Å²) in [4.78, 5) is 12.2. The Labute approximate surface area is 153 Å².